The molecule has 1 aromatic carbocycles. The Kier molecular flexibility index (Phi) is 2.77. The minimum Gasteiger partial charge on any atom is -0.455 e. The lowest BCUT2D eigenvalue weighted by Crippen LogP contribution is -1.95. The van der Waals surface area contributed by atoms with Gasteiger partial charge < -0.3 is 10.5 Å². The molecule has 3 nitrogen and oxygen atoms in total. The van der Waals surface area contributed by atoms with Crippen LogP contribution >= 0.6 is 0 Å². The Bertz CT molecular complexity index is 489. The summed E-state index contributed by atoms with van der Waals surface area (Å²) in [7, 11) is 0. The lowest BCUT2D eigenvalue weighted by Gasteiger charge is -2.12. The Hall–Kier alpha value is -2.03. The van der Waals surface area contributed by atoms with Crippen molar-refractivity contribution >= 4 is 5.69 Å². The van der Waals surface area contributed by atoms with Crippen LogP contribution in [-0.4, -0.2) is 4.98 Å². The lowest BCUT2D eigenvalue weighted by molar-refractivity contribution is 0.477. The Labute approximate surface area is 94.9 Å². The second-order valence-electron chi connectivity index (χ2n) is 3.74. The van der Waals surface area contributed by atoms with E-state index in [1.165, 1.54) is 0 Å². The van der Waals surface area contributed by atoms with E-state index >= 15 is 0 Å². The highest BCUT2D eigenvalue weighted by Gasteiger charge is 2.06. The highest BCUT2D eigenvalue weighted by Crippen LogP contribution is 2.31. The van der Waals surface area contributed by atoms with E-state index in [0.717, 1.165) is 16.9 Å². The van der Waals surface area contributed by atoms with E-state index < -0.39 is 0 Å². The van der Waals surface area contributed by atoms with E-state index in [0.29, 0.717) is 11.4 Å². The number of aryl methyl sites for hydroxylation is 2. The summed E-state index contributed by atoms with van der Waals surface area (Å²) in [5.41, 5.74) is 8.51. The SMILES string of the molecule is Cc1cccc(C)c1Oc1ccncc1N. The van der Waals surface area contributed by atoms with Gasteiger partial charge in [0.2, 0.25) is 0 Å². The van der Waals surface area contributed by atoms with Crippen LogP contribution in [0.15, 0.2) is 36.7 Å². The molecule has 0 saturated heterocycles. The summed E-state index contributed by atoms with van der Waals surface area (Å²) < 4.78 is 5.81. The van der Waals surface area contributed by atoms with E-state index in [-0.39, 0.29) is 0 Å². The van der Waals surface area contributed by atoms with E-state index in [1.54, 1.807) is 18.5 Å². The summed E-state index contributed by atoms with van der Waals surface area (Å²) in [6.07, 6.45) is 3.25. The van der Waals surface area contributed by atoms with Crippen LogP contribution < -0.4 is 10.5 Å². The maximum atomic E-state index is 5.81. The average Bonchev–Trinajstić information content (AvgIpc) is 2.26. The fourth-order valence-electron chi connectivity index (χ4n) is 1.56. The number of nitrogens with zero attached hydrogens (tertiary/aromatic N) is 1. The zero-order valence-corrected chi connectivity index (χ0v) is 9.40. The Morgan fingerprint density at radius 1 is 1.12 bits per heavy atom. The van der Waals surface area contributed by atoms with Crippen molar-refractivity contribution < 1.29 is 4.74 Å². The first-order chi connectivity index (χ1) is 7.68. The van der Waals surface area contributed by atoms with Crippen molar-refractivity contribution in [2.75, 3.05) is 5.73 Å². The fraction of sp³-hybridized carbons (Fsp3) is 0.154. The average molecular weight is 214 g/mol. The standard InChI is InChI=1S/C13H14N2O/c1-9-4-3-5-10(2)13(9)16-12-6-7-15-8-11(12)14/h3-8H,14H2,1-2H3. The molecule has 0 fully saturated rings. The second-order valence-corrected chi connectivity index (χ2v) is 3.74. The number of benzene rings is 1. The zero-order chi connectivity index (χ0) is 11.5. The molecule has 0 spiro atoms. The number of hydrogen-bond donors (Lipinski definition) is 1. The number of anilines is 1. The molecule has 1 heterocycles. The van der Waals surface area contributed by atoms with Crippen LogP contribution in [-0.2, 0) is 0 Å². The summed E-state index contributed by atoms with van der Waals surface area (Å²) in [5, 5.41) is 0. The molecule has 0 unspecified atom stereocenters. The van der Waals surface area contributed by atoms with Crippen molar-refractivity contribution in [1.29, 1.82) is 0 Å². The van der Waals surface area contributed by atoms with Crippen molar-refractivity contribution in [3.8, 4) is 11.5 Å². The third kappa shape index (κ3) is 1.98. The van der Waals surface area contributed by atoms with Gasteiger partial charge in [0.15, 0.2) is 5.75 Å². The van der Waals surface area contributed by atoms with Gasteiger partial charge >= 0.3 is 0 Å². The van der Waals surface area contributed by atoms with Crippen LogP contribution in [0.25, 0.3) is 0 Å². The van der Waals surface area contributed by atoms with Crippen molar-refractivity contribution in [3.05, 3.63) is 47.8 Å². The molecule has 2 N–H and O–H groups in total. The van der Waals surface area contributed by atoms with Crippen LogP contribution in [0.4, 0.5) is 5.69 Å². The maximum Gasteiger partial charge on any atom is 0.153 e. The minimum atomic E-state index is 0.546. The van der Waals surface area contributed by atoms with Gasteiger partial charge in [-0.15, -0.1) is 0 Å². The van der Waals surface area contributed by atoms with Crippen molar-refractivity contribution in [2.24, 2.45) is 0 Å². The van der Waals surface area contributed by atoms with Crippen LogP contribution in [0, 0.1) is 13.8 Å². The summed E-state index contributed by atoms with van der Waals surface area (Å²) in [4.78, 5) is 3.93. The van der Waals surface area contributed by atoms with Gasteiger partial charge in [-0.2, -0.15) is 0 Å². The molecule has 0 atom stereocenters. The van der Waals surface area contributed by atoms with Crippen molar-refractivity contribution in [3.63, 3.8) is 0 Å². The molecule has 0 radical (unpaired) electrons. The van der Waals surface area contributed by atoms with E-state index in [9.17, 15) is 0 Å². The third-order valence-corrected chi connectivity index (χ3v) is 2.43. The van der Waals surface area contributed by atoms with Crippen LogP contribution in [0.1, 0.15) is 11.1 Å². The van der Waals surface area contributed by atoms with Gasteiger partial charge in [0.05, 0.1) is 11.9 Å². The van der Waals surface area contributed by atoms with Gasteiger partial charge in [-0.25, -0.2) is 0 Å². The maximum absolute atomic E-state index is 5.81. The predicted octanol–water partition coefficient (Wildman–Crippen LogP) is 3.07. The van der Waals surface area contributed by atoms with Gasteiger partial charge in [0.1, 0.15) is 5.75 Å². The first kappa shape index (κ1) is 10.5. The Morgan fingerprint density at radius 3 is 2.44 bits per heavy atom. The molecular formula is C13H14N2O. The van der Waals surface area contributed by atoms with Gasteiger partial charge in [0, 0.05) is 12.3 Å². The van der Waals surface area contributed by atoms with Crippen LogP contribution in [0.2, 0.25) is 0 Å². The molecule has 2 rings (SSSR count). The second kappa shape index (κ2) is 4.23. The molecule has 2 aromatic rings. The predicted molar refractivity (Wildman–Crippen MR) is 64.6 cm³/mol. The van der Waals surface area contributed by atoms with Crippen molar-refractivity contribution in [2.45, 2.75) is 13.8 Å². The first-order valence-electron chi connectivity index (χ1n) is 5.12. The number of hydrogen-bond acceptors (Lipinski definition) is 3. The van der Waals surface area contributed by atoms with Gasteiger partial charge in [-0.3, -0.25) is 4.98 Å². The number of nitrogens with two attached hydrogens (primary N) is 1. The Morgan fingerprint density at radius 2 is 1.81 bits per heavy atom. The Balaban J connectivity index is 2.38. The van der Waals surface area contributed by atoms with Crippen LogP contribution in [0.3, 0.4) is 0 Å². The smallest absolute Gasteiger partial charge is 0.153 e. The fourth-order valence-corrected chi connectivity index (χ4v) is 1.56. The number of rotatable bonds is 2. The molecule has 0 aliphatic heterocycles. The molecular weight excluding hydrogens is 200 g/mol. The molecule has 82 valence electrons. The number of para-hydroxylation sites is 1. The monoisotopic (exact) mass is 214 g/mol. The van der Waals surface area contributed by atoms with Crippen LogP contribution in [0.5, 0.6) is 11.5 Å². The molecule has 3 heteroatoms. The summed E-state index contributed by atoms with van der Waals surface area (Å²) in [6, 6.07) is 7.80. The molecule has 0 saturated carbocycles. The molecule has 16 heavy (non-hydrogen) atoms. The zero-order valence-electron chi connectivity index (χ0n) is 9.40. The molecule has 0 aliphatic carbocycles. The molecule has 0 bridgehead atoms. The van der Waals surface area contributed by atoms with Gasteiger partial charge in [0.25, 0.3) is 0 Å². The van der Waals surface area contributed by atoms with E-state index in [1.807, 2.05) is 32.0 Å². The van der Waals surface area contributed by atoms with Gasteiger partial charge in [-0.05, 0) is 25.0 Å². The highest BCUT2D eigenvalue weighted by molar-refractivity contribution is 5.53. The quantitative estimate of drug-likeness (QED) is 0.835. The van der Waals surface area contributed by atoms with Crippen molar-refractivity contribution in [1.82, 2.24) is 4.98 Å². The highest BCUT2D eigenvalue weighted by atomic mass is 16.5. The third-order valence-electron chi connectivity index (χ3n) is 2.43. The lowest BCUT2D eigenvalue weighted by atomic mass is 10.1. The number of aromatic nitrogens is 1. The summed E-state index contributed by atoms with van der Waals surface area (Å²) >= 11 is 0. The number of pyridine rings is 1. The summed E-state index contributed by atoms with van der Waals surface area (Å²) in [6.45, 7) is 4.03. The first-order valence-corrected chi connectivity index (χ1v) is 5.12. The molecule has 0 aliphatic rings. The number of nitrogen functional groups attached to an aromatic ring is 1. The normalized spacial score (nSPS) is 10.1. The summed E-state index contributed by atoms with van der Waals surface area (Å²) in [5.74, 6) is 1.51. The molecule has 0 amide bonds. The largest absolute Gasteiger partial charge is 0.455 e. The van der Waals surface area contributed by atoms with Gasteiger partial charge in [-0.1, -0.05) is 18.2 Å². The number of ether oxygens (including phenoxy) is 1. The minimum absolute atomic E-state index is 0.546. The molecule has 1 aromatic heterocycles. The topological polar surface area (TPSA) is 48.1 Å². The van der Waals surface area contributed by atoms with E-state index in [2.05, 4.69) is 4.98 Å². The van der Waals surface area contributed by atoms with E-state index in [4.69, 9.17) is 10.5 Å².